The summed E-state index contributed by atoms with van der Waals surface area (Å²) in [4.78, 5) is 0. The van der Waals surface area contributed by atoms with Gasteiger partial charge in [0.1, 0.15) is 0 Å². The Labute approximate surface area is 74.9 Å². The topological polar surface area (TPSA) is 0 Å². The van der Waals surface area contributed by atoms with Crippen molar-refractivity contribution in [2.45, 2.75) is 20.3 Å². The molecule has 0 amide bonds. The summed E-state index contributed by atoms with van der Waals surface area (Å²) in [5, 5.41) is 0. The third-order valence-corrected chi connectivity index (χ3v) is 1.92. The van der Waals surface area contributed by atoms with E-state index >= 15 is 0 Å². The van der Waals surface area contributed by atoms with Crippen molar-refractivity contribution in [1.82, 2.24) is 0 Å². The van der Waals surface area contributed by atoms with Crippen molar-refractivity contribution in [3.05, 3.63) is 48.0 Å². The molecule has 0 nitrogen and oxygen atoms in total. The Hall–Kier alpha value is -1.04. The first-order chi connectivity index (χ1) is 5.83. The van der Waals surface area contributed by atoms with Crippen LogP contribution < -0.4 is 0 Å². The van der Waals surface area contributed by atoms with Crippen LogP contribution in [0.3, 0.4) is 0 Å². The highest BCUT2D eigenvalue weighted by Gasteiger charge is 1.97. The predicted octanol–water partition coefficient (Wildman–Crippen LogP) is 3.44. The van der Waals surface area contributed by atoms with Crippen LogP contribution in [0.15, 0.2) is 42.5 Å². The maximum atomic E-state index is 2.24. The van der Waals surface area contributed by atoms with Crippen molar-refractivity contribution in [3.8, 4) is 0 Å². The smallest absolute Gasteiger partial charge is 0.0218 e. The van der Waals surface area contributed by atoms with Crippen molar-refractivity contribution in [2.75, 3.05) is 0 Å². The van der Waals surface area contributed by atoms with Gasteiger partial charge in [0, 0.05) is 0 Å². The van der Waals surface area contributed by atoms with E-state index in [2.05, 4.69) is 56.3 Å². The van der Waals surface area contributed by atoms with Gasteiger partial charge in [-0.2, -0.15) is 0 Å². The van der Waals surface area contributed by atoms with E-state index in [-0.39, 0.29) is 0 Å². The molecule has 0 heterocycles. The van der Waals surface area contributed by atoms with Gasteiger partial charge in [-0.15, -0.1) is 0 Å². The van der Waals surface area contributed by atoms with E-state index in [9.17, 15) is 0 Å². The van der Waals surface area contributed by atoms with Crippen molar-refractivity contribution in [1.29, 1.82) is 0 Å². The van der Waals surface area contributed by atoms with Crippen molar-refractivity contribution < 1.29 is 0 Å². The van der Waals surface area contributed by atoms with Crippen LogP contribution in [0.25, 0.3) is 0 Å². The summed E-state index contributed by atoms with van der Waals surface area (Å²) in [6.07, 6.45) is 5.51. The Bertz CT molecular complexity index is 233. The van der Waals surface area contributed by atoms with Crippen LogP contribution in [-0.2, 0) is 6.42 Å². The van der Waals surface area contributed by atoms with Gasteiger partial charge in [0.05, 0.1) is 0 Å². The van der Waals surface area contributed by atoms with Crippen molar-refractivity contribution >= 4 is 0 Å². The zero-order valence-corrected chi connectivity index (χ0v) is 7.83. The van der Waals surface area contributed by atoms with Crippen LogP contribution in [-0.4, -0.2) is 0 Å². The molecule has 0 aliphatic carbocycles. The van der Waals surface area contributed by atoms with E-state index in [0.29, 0.717) is 5.92 Å². The van der Waals surface area contributed by atoms with Gasteiger partial charge in [0.2, 0.25) is 0 Å². The Morgan fingerprint density at radius 3 is 2.50 bits per heavy atom. The fourth-order valence-corrected chi connectivity index (χ4v) is 1.38. The molecule has 0 radical (unpaired) electrons. The molecule has 1 rings (SSSR count). The van der Waals surface area contributed by atoms with Gasteiger partial charge < -0.3 is 0 Å². The maximum Gasteiger partial charge on any atom is -0.0218 e. The van der Waals surface area contributed by atoms with Crippen LogP contribution in [0.5, 0.6) is 0 Å². The summed E-state index contributed by atoms with van der Waals surface area (Å²) in [5.74, 6) is 0.650. The summed E-state index contributed by atoms with van der Waals surface area (Å²) in [6, 6.07) is 10.6. The Kier molecular flexibility index (Phi) is 3.59. The molecule has 1 aromatic carbocycles. The first-order valence-corrected chi connectivity index (χ1v) is 4.49. The minimum absolute atomic E-state index is 0.650. The third kappa shape index (κ3) is 2.91. The number of rotatable bonds is 3. The molecule has 0 spiro atoms. The monoisotopic (exact) mass is 160 g/mol. The first-order valence-electron chi connectivity index (χ1n) is 4.49. The molecule has 0 saturated carbocycles. The summed E-state index contributed by atoms with van der Waals surface area (Å²) in [6.45, 7) is 4.31. The molecule has 0 aromatic heterocycles. The molecule has 0 bridgehead atoms. The average molecular weight is 160 g/mol. The lowest BCUT2D eigenvalue weighted by Crippen LogP contribution is -1.94. The summed E-state index contributed by atoms with van der Waals surface area (Å²) < 4.78 is 0. The molecule has 0 aliphatic heterocycles. The minimum atomic E-state index is 0.650. The van der Waals surface area contributed by atoms with Gasteiger partial charge in [-0.1, -0.05) is 49.4 Å². The molecule has 0 heteroatoms. The van der Waals surface area contributed by atoms with Crippen molar-refractivity contribution in [2.24, 2.45) is 5.92 Å². The molecule has 0 unspecified atom stereocenters. The van der Waals surface area contributed by atoms with Crippen LogP contribution in [0.4, 0.5) is 0 Å². The lowest BCUT2D eigenvalue weighted by Gasteiger charge is -2.04. The maximum absolute atomic E-state index is 2.24. The lowest BCUT2D eigenvalue weighted by molar-refractivity contribution is 0.722. The average Bonchev–Trinajstić information content (AvgIpc) is 2.06. The highest BCUT2D eigenvalue weighted by molar-refractivity contribution is 5.15. The van der Waals surface area contributed by atoms with E-state index < -0.39 is 0 Å². The molecule has 0 fully saturated rings. The molecule has 0 aliphatic rings. The van der Waals surface area contributed by atoms with E-state index in [1.807, 2.05) is 0 Å². The summed E-state index contributed by atoms with van der Waals surface area (Å²) >= 11 is 0. The zero-order valence-electron chi connectivity index (χ0n) is 7.83. The third-order valence-electron chi connectivity index (χ3n) is 1.92. The van der Waals surface area contributed by atoms with Gasteiger partial charge >= 0.3 is 0 Å². The molecule has 1 atom stereocenters. The van der Waals surface area contributed by atoms with E-state index in [4.69, 9.17) is 0 Å². The molecule has 64 valence electrons. The van der Waals surface area contributed by atoms with Gasteiger partial charge in [-0.05, 0) is 24.8 Å². The standard InChI is InChI=1S/C12H16/c1-3-7-11(2)10-12-8-5-4-6-9-12/h3-9,11H,10H2,1-2H3/t11-/m1/s1. The Balaban J connectivity index is 2.52. The van der Waals surface area contributed by atoms with Gasteiger partial charge in [0.15, 0.2) is 0 Å². The van der Waals surface area contributed by atoms with Crippen LogP contribution >= 0.6 is 0 Å². The SMILES string of the molecule is CC=C[C@@H](C)Cc1ccccc1. The molecular formula is C12H16. The van der Waals surface area contributed by atoms with Crippen LogP contribution in [0.1, 0.15) is 19.4 Å². The predicted molar refractivity (Wildman–Crippen MR) is 54.1 cm³/mol. The quantitative estimate of drug-likeness (QED) is 0.594. The Morgan fingerprint density at radius 1 is 1.25 bits per heavy atom. The van der Waals surface area contributed by atoms with E-state index in [1.54, 1.807) is 0 Å². The molecule has 1 aromatic rings. The van der Waals surface area contributed by atoms with Gasteiger partial charge in [-0.25, -0.2) is 0 Å². The summed E-state index contributed by atoms with van der Waals surface area (Å²) in [7, 11) is 0. The fourth-order valence-electron chi connectivity index (χ4n) is 1.38. The second-order valence-electron chi connectivity index (χ2n) is 3.19. The summed E-state index contributed by atoms with van der Waals surface area (Å²) in [5.41, 5.74) is 1.42. The number of hydrogen-bond donors (Lipinski definition) is 0. The first kappa shape index (κ1) is 9.05. The second kappa shape index (κ2) is 4.76. The molecule has 0 N–H and O–H groups in total. The molecule has 0 saturated heterocycles. The second-order valence-corrected chi connectivity index (χ2v) is 3.19. The van der Waals surface area contributed by atoms with Gasteiger partial charge in [0.25, 0.3) is 0 Å². The van der Waals surface area contributed by atoms with Gasteiger partial charge in [-0.3, -0.25) is 0 Å². The largest absolute Gasteiger partial charge is 0.0914 e. The van der Waals surface area contributed by atoms with Crippen molar-refractivity contribution in [3.63, 3.8) is 0 Å². The fraction of sp³-hybridized carbons (Fsp3) is 0.333. The molecular weight excluding hydrogens is 144 g/mol. The highest BCUT2D eigenvalue weighted by atomic mass is 14.0. The minimum Gasteiger partial charge on any atom is -0.0914 e. The van der Waals surface area contributed by atoms with E-state index in [0.717, 1.165) is 6.42 Å². The Morgan fingerprint density at radius 2 is 1.92 bits per heavy atom. The zero-order chi connectivity index (χ0) is 8.81. The number of allylic oxidation sites excluding steroid dienone is 2. The lowest BCUT2D eigenvalue weighted by atomic mass is 10.0. The van der Waals surface area contributed by atoms with E-state index in [1.165, 1.54) is 5.56 Å². The highest BCUT2D eigenvalue weighted by Crippen LogP contribution is 2.08. The number of benzene rings is 1. The number of hydrogen-bond acceptors (Lipinski definition) is 0. The van der Waals surface area contributed by atoms with Crippen LogP contribution in [0, 0.1) is 5.92 Å². The normalized spacial score (nSPS) is 13.5. The van der Waals surface area contributed by atoms with Crippen LogP contribution in [0.2, 0.25) is 0 Å². The molecule has 12 heavy (non-hydrogen) atoms.